The normalized spacial score (nSPS) is 22.6. The lowest BCUT2D eigenvalue weighted by atomic mass is 9.96. The molecule has 1 aliphatic heterocycles. The summed E-state index contributed by atoms with van der Waals surface area (Å²) in [5.41, 5.74) is 7.45. The first-order valence-corrected chi connectivity index (χ1v) is 6.65. The van der Waals surface area contributed by atoms with E-state index in [2.05, 4.69) is 16.2 Å². The van der Waals surface area contributed by atoms with E-state index in [-0.39, 0.29) is 23.8 Å². The Morgan fingerprint density at radius 1 is 1.35 bits per heavy atom. The maximum absolute atomic E-state index is 11.2. The minimum absolute atomic E-state index is 0.0295. The lowest BCUT2D eigenvalue weighted by molar-refractivity contribution is -0.125. The molecule has 1 aromatic rings. The summed E-state index contributed by atoms with van der Waals surface area (Å²) in [6, 6.07) is 7.73. The Bertz CT molecular complexity index is 522. The van der Waals surface area contributed by atoms with E-state index in [0.717, 1.165) is 11.3 Å². The lowest BCUT2D eigenvalue weighted by Crippen LogP contribution is -2.52. The van der Waals surface area contributed by atoms with Crippen LogP contribution in [0.3, 0.4) is 0 Å². The number of hydrogen-bond donors (Lipinski definition) is 3. The van der Waals surface area contributed by atoms with Gasteiger partial charge < -0.3 is 5.32 Å². The van der Waals surface area contributed by atoms with Crippen molar-refractivity contribution in [1.82, 2.24) is 10.9 Å². The summed E-state index contributed by atoms with van der Waals surface area (Å²) in [4.78, 5) is 22.1. The minimum Gasteiger partial charge on any atom is -0.326 e. The van der Waals surface area contributed by atoms with Crippen LogP contribution in [0, 0.1) is 5.92 Å². The average Bonchev–Trinajstić information content (AvgIpc) is 2.39. The summed E-state index contributed by atoms with van der Waals surface area (Å²) in [6.45, 7) is 3.53. The maximum Gasteiger partial charge on any atom is 0.234 e. The van der Waals surface area contributed by atoms with Crippen molar-refractivity contribution in [2.24, 2.45) is 5.92 Å². The Morgan fingerprint density at radius 3 is 2.65 bits per heavy atom. The van der Waals surface area contributed by atoms with Crippen LogP contribution in [-0.4, -0.2) is 17.9 Å². The summed E-state index contributed by atoms with van der Waals surface area (Å²) in [7, 11) is 0. The van der Waals surface area contributed by atoms with Crippen LogP contribution in [0.5, 0.6) is 0 Å². The quantitative estimate of drug-likeness (QED) is 0.785. The molecule has 106 valence electrons. The molecule has 1 fully saturated rings. The zero-order valence-corrected chi connectivity index (χ0v) is 11.6. The van der Waals surface area contributed by atoms with E-state index < -0.39 is 0 Å². The monoisotopic (exact) mass is 273 g/mol. The molecule has 5 nitrogen and oxygen atoms in total. The molecule has 2 amide bonds. The standard InChI is InChI=1S/C15H19N3O2/c1-10-9-15(20)18-17-14(10)8-5-12-3-6-13(7-4-12)16-11(2)19/h3-8,10,14,17H,9H2,1-2H3,(H,16,19)(H,18,20)/b8-5+. The molecule has 5 heteroatoms. The molecule has 2 unspecified atom stereocenters. The van der Waals surface area contributed by atoms with Crippen LogP contribution < -0.4 is 16.2 Å². The van der Waals surface area contributed by atoms with Crippen molar-refractivity contribution in [2.75, 3.05) is 5.32 Å². The Kier molecular flexibility index (Phi) is 4.53. The zero-order valence-electron chi connectivity index (χ0n) is 11.6. The van der Waals surface area contributed by atoms with E-state index in [1.807, 2.05) is 43.3 Å². The highest BCUT2D eigenvalue weighted by atomic mass is 16.2. The van der Waals surface area contributed by atoms with Crippen molar-refractivity contribution in [2.45, 2.75) is 26.3 Å². The number of carbonyl (C=O) groups is 2. The van der Waals surface area contributed by atoms with Gasteiger partial charge in [-0.05, 0) is 23.6 Å². The second-order valence-corrected chi connectivity index (χ2v) is 5.06. The third kappa shape index (κ3) is 3.93. The fraction of sp³-hybridized carbons (Fsp3) is 0.333. The van der Waals surface area contributed by atoms with Crippen LogP contribution >= 0.6 is 0 Å². The molecule has 0 bridgehead atoms. The van der Waals surface area contributed by atoms with Gasteiger partial charge in [-0.2, -0.15) is 0 Å². The zero-order chi connectivity index (χ0) is 14.5. The van der Waals surface area contributed by atoms with Gasteiger partial charge in [0.1, 0.15) is 0 Å². The van der Waals surface area contributed by atoms with Crippen molar-refractivity contribution < 1.29 is 9.59 Å². The molecule has 0 spiro atoms. The fourth-order valence-electron chi connectivity index (χ4n) is 2.11. The number of amides is 2. The van der Waals surface area contributed by atoms with Gasteiger partial charge in [0.2, 0.25) is 11.8 Å². The molecule has 2 rings (SSSR count). The van der Waals surface area contributed by atoms with Crippen molar-refractivity contribution in [1.29, 1.82) is 0 Å². The molecular formula is C15H19N3O2. The fourth-order valence-corrected chi connectivity index (χ4v) is 2.11. The Hall–Kier alpha value is -2.14. The van der Waals surface area contributed by atoms with Gasteiger partial charge in [-0.25, -0.2) is 5.43 Å². The van der Waals surface area contributed by atoms with Crippen LogP contribution in [0.25, 0.3) is 6.08 Å². The van der Waals surface area contributed by atoms with E-state index in [1.165, 1.54) is 6.92 Å². The molecule has 0 saturated carbocycles. The van der Waals surface area contributed by atoms with Gasteiger partial charge >= 0.3 is 0 Å². The highest BCUT2D eigenvalue weighted by molar-refractivity contribution is 5.88. The highest BCUT2D eigenvalue weighted by Gasteiger charge is 2.22. The van der Waals surface area contributed by atoms with Crippen LogP contribution in [0.15, 0.2) is 30.3 Å². The van der Waals surface area contributed by atoms with Crippen LogP contribution in [-0.2, 0) is 9.59 Å². The molecule has 3 N–H and O–H groups in total. The van der Waals surface area contributed by atoms with E-state index in [4.69, 9.17) is 0 Å². The van der Waals surface area contributed by atoms with Crippen molar-refractivity contribution in [3.05, 3.63) is 35.9 Å². The molecule has 0 aromatic heterocycles. The second kappa shape index (κ2) is 6.34. The second-order valence-electron chi connectivity index (χ2n) is 5.06. The third-order valence-electron chi connectivity index (χ3n) is 3.23. The van der Waals surface area contributed by atoms with Crippen LogP contribution in [0.4, 0.5) is 5.69 Å². The number of rotatable bonds is 3. The first-order chi connectivity index (χ1) is 9.54. The van der Waals surface area contributed by atoms with Gasteiger partial charge in [0.25, 0.3) is 0 Å². The summed E-state index contributed by atoms with van der Waals surface area (Å²) < 4.78 is 0. The Labute approximate surface area is 118 Å². The van der Waals surface area contributed by atoms with Crippen molar-refractivity contribution >= 4 is 23.6 Å². The summed E-state index contributed by atoms with van der Waals surface area (Å²) in [5, 5.41) is 2.73. The molecular weight excluding hydrogens is 254 g/mol. The summed E-state index contributed by atoms with van der Waals surface area (Å²) in [6.07, 6.45) is 4.57. The highest BCUT2D eigenvalue weighted by Crippen LogP contribution is 2.15. The number of hydrazine groups is 1. The third-order valence-corrected chi connectivity index (χ3v) is 3.23. The predicted molar refractivity (Wildman–Crippen MR) is 78.6 cm³/mol. The number of nitrogens with one attached hydrogen (secondary N) is 3. The average molecular weight is 273 g/mol. The van der Waals surface area contributed by atoms with Gasteiger partial charge in [-0.15, -0.1) is 0 Å². The molecule has 1 aliphatic rings. The van der Waals surface area contributed by atoms with Crippen LogP contribution in [0.1, 0.15) is 25.8 Å². The van der Waals surface area contributed by atoms with Crippen molar-refractivity contribution in [3.8, 4) is 0 Å². The van der Waals surface area contributed by atoms with E-state index in [1.54, 1.807) is 0 Å². The summed E-state index contributed by atoms with van der Waals surface area (Å²) >= 11 is 0. The molecule has 1 heterocycles. The van der Waals surface area contributed by atoms with Gasteiger partial charge in [0, 0.05) is 25.1 Å². The van der Waals surface area contributed by atoms with Gasteiger partial charge in [0.15, 0.2) is 0 Å². The predicted octanol–water partition coefficient (Wildman–Crippen LogP) is 1.69. The minimum atomic E-state index is -0.0794. The smallest absolute Gasteiger partial charge is 0.234 e. The molecule has 1 saturated heterocycles. The first kappa shape index (κ1) is 14.3. The SMILES string of the molecule is CC(=O)Nc1ccc(/C=C/C2NNC(=O)CC2C)cc1. The van der Waals surface area contributed by atoms with Crippen LogP contribution in [0.2, 0.25) is 0 Å². The largest absolute Gasteiger partial charge is 0.326 e. The first-order valence-electron chi connectivity index (χ1n) is 6.65. The van der Waals surface area contributed by atoms with E-state index in [0.29, 0.717) is 6.42 Å². The molecule has 0 radical (unpaired) electrons. The maximum atomic E-state index is 11.2. The van der Waals surface area contributed by atoms with Gasteiger partial charge in [-0.3, -0.25) is 15.0 Å². The topological polar surface area (TPSA) is 70.2 Å². The molecule has 0 aliphatic carbocycles. The Balaban J connectivity index is 1.97. The van der Waals surface area contributed by atoms with E-state index in [9.17, 15) is 9.59 Å². The summed E-state index contributed by atoms with van der Waals surface area (Å²) in [5.74, 6) is 0.213. The number of benzene rings is 1. The van der Waals surface area contributed by atoms with Gasteiger partial charge in [-0.1, -0.05) is 31.2 Å². The molecule has 2 atom stereocenters. The van der Waals surface area contributed by atoms with E-state index >= 15 is 0 Å². The number of hydrogen-bond acceptors (Lipinski definition) is 3. The number of carbonyl (C=O) groups excluding carboxylic acids is 2. The Morgan fingerprint density at radius 2 is 2.05 bits per heavy atom. The molecule has 1 aromatic carbocycles. The van der Waals surface area contributed by atoms with Crippen molar-refractivity contribution in [3.63, 3.8) is 0 Å². The molecule has 20 heavy (non-hydrogen) atoms. The van der Waals surface area contributed by atoms with Gasteiger partial charge in [0.05, 0.1) is 0 Å². The lowest BCUT2D eigenvalue weighted by Gasteiger charge is -2.27. The number of anilines is 1.